The van der Waals surface area contributed by atoms with Gasteiger partial charge in [0, 0.05) is 32.2 Å². The van der Waals surface area contributed by atoms with E-state index in [1.54, 1.807) is 0 Å². The molecule has 2 heterocycles. The first kappa shape index (κ1) is 14.2. The van der Waals surface area contributed by atoms with Crippen LogP contribution in [0.2, 0.25) is 0 Å². The van der Waals surface area contributed by atoms with Gasteiger partial charge < -0.3 is 4.90 Å². The molecule has 1 aromatic carbocycles. The molecule has 4 heteroatoms. The number of thiazole rings is 1. The molecule has 2 aromatic rings. The molecule has 23 heavy (non-hydrogen) atoms. The third-order valence-electron chi connectivity index (χ3n) is 5.63. The van der Waals surface area contributed by atoms with Crippen LogP contribution in [0.4, 0.5) is 5.13 Å². The van der Waals surface area contributed by atoms with Gasteiger partial charge in [0.1, 0.15) is 0 Å². The lowest BCUT2D eigenvalue weighted by atomic mass is 10.1. The predicted molar refractivity (Wildman–Crippen MR) is 97.5 cm³/mol. The fourth-order valence-electron chi connectivity index (χ4n) is 3.74. The number of anilines is 1. The molecule has 0 bridgehead atoms. The van der Waals surface area contributed by atoms with Crippen LogP contribution in [0.3, 0.4) is 0 Å². The van der Waals surface area contributed by atoms with Crippen molar-refractivity contribution >= 4 is 26.7 Å². The first-order valence-electron chi connectivity index (χ1n) is 9.24. The maximum absolute atomic E-state index is 4.90. The zero-order chi connectivity index (χ0) is 15.2. The van der Waals surface area contributed by atoms with E-state index in [0.717, 1.165) is 25.0 Å². The average molecular weight is 327 g/mol. The van der Waals surface area contributed by atoms with Gasteiger partial charge in [0.2, 0.25) is 0 Å². The largest absolute Gasteiger partial charge is 0.345 e. The van der Waals surface area contributed by atoms with E-state index >= 15 is 0 Å². The zero-order valence-electron chi connectivity index (χ0n) is 13.7. The highest BCUT2D eigenvalue weighted by atomic mass is 32.1. The fourth-order valence-corrected chi connectivity index (χ4v) is 4.82. The number of aromatic nitrogens is 1. The number of nitrogens with zero attached hydrogens (tertiary/aromatic N) is 3. The van der Waals surface area contributed by atoms with Crippen LogP contribution in [0, 0.1) is 5.92 Å². The minimum absolute atomic E-state index is 0.904. The van der Waals surface area contributed by atoms with Crippen LogP contribution in [0.5, 0.6) is 0 Å². The maximum atomic E-state index is 4.90. The topological polar surface area (TPSA) is 19.4 Å². The van der Waals surface area contributed by atoms with Gasteiger partial charge in [-0.15, -0.1) is 0 Å². The van der Waals surface area contributed by atoms with Crippen LogP contribution >= 0.6 is 11.3 Å². The summed E-state index contributed by atoms with van der Waals surface area (Å²) in [5.41, 5.74) is 2.68. The lowest BCUT2D eigenvalue weighted by Gasteiger charge is -2.34. The minimum atomic E-state index is 0.904. The molecule has 1 aromatic heterocycles. The Bertz CT molecular complexity index is 694. The van der Waals surface area contributed by atoms with E-state index in [0.29, 0.717) is 0 Å². The molecule has 3 fully saturated rings. The van der Waals surface area contributed by atoms with Gasteiger partial charge in [-0.3, -0.25) is 4.90 Å². The Balaban J connectivity index is 1.29. The minimum Gasteiger partial charge on any atom is -0.345 e. The van der Waals surface area contributed by atoms with E-state index in [9.17, 15) is 0 Å². The van der Waals surface area contributed by atoms with Crippen molar-refractivity contribution in [1.82, 2.24) is 9.88 Å². The Morgan fingerprint density at radius 2 is 1.87 bits per heavy atom. The van der Waals surface area contributed by atoms with Gasteiger partial charge in [0.25, 0.3) is 0 Å². The number of aryl methyl sites for hydroxylation is 1. The lowest BCUT2D eigenvalue weighted by Crippen LogP contribution is -2.47. The van der Waals surface area contributed by atoms with Crippen LogP contribution in [-0.2, 0) is 6.42 Å². The van der Waals surface area contributed by atoms with Crippen molar-refractivity contribution in [1.29, 1.82) is 0 Å². The van der Waals surface area contributed by atoms with Crippen LogP contribution in [0.25, 0.3) is 10.2 Å². The Morgan fingerprint density at radius 1 is 1.04 bits per heavy atom. The standard InChI is InChI=1S/C19H25N3S/c1-2-14(1)3-4-15-5-8-17-18(13-15)23-19(20-17)22-11-9-21(10-12-22)16-6-7-16/h5,8,13-14,16H,1-4,6-7,9-12H2. The molecule has 0 atom stereocenters. The van der Waals surface area contributed by atoms with E-state index in [-0.39, 0.29) is 0 Å². The summed E-state index contributed by atoms with van der Waals surface area (Å²) in [5.74, 6) is 1.02. The van der Waals surface area contributed by atoms with Crippen molar-refractivity contribution in [3.05, 3.63) is 23.8 Å². The Labute approximate surface area is 142 Å². The summed E-state index contributed by atoms with van der Waals surface area (Å²) >= 11 is 1.89. The number of hydrogen-bond acceptors (Lipinski definition) is 4. The molecule has 0 N–H and O–H groups in total. The van der Waals surface area contributed by atoms with E-state index in [1.807, 2.05) is 11.3 Å². The van der Waals surface area contributed by atoms with Crippen molar-refractivity contribution in [2.75, 3.05) is 31.1 Å². The van der Waals surface area contributed by atoms with Crippen LogP contribution in [0.15, 0.2) is 18.2 Å². The van der Waals surface area contributed by atoms with Gasteiger partial charge in [-0.2, -0.15) is 0 Å². The maximum Gasteiger partial charge on any atom is 0.186 e. The smallest absolute Gasteiger partial charge is 0.186 e. The molecule has 2 aliphatic carbocycles. The number of piperazine rings is 1. The van der Waals surface area contributed by atoms with Gasteiger partial charge in [-0.05, 0) is 49.3 Å². The van der Waals surface area contributed by atoms with E-state index in [4.69, 9.17) is 4.98 Å². The Hall–Kier alpha value is -1.13. The molecular formula is C19H25N3S. The fraction of sp³-hybridized carbons (Fsp3) is 0.632. The first-order valence-corrected chi connectivity index (χ1v) is 10.1. The number of hydrogen-bond donors (Lipinski definition) is 0. The molecule has 5 rings (SSSR count). The normalized spacial score (nSPS) is 22.9. The van der Waals surface area contributed by atoms with Gasteiger partial charge in [0.05, 0.1) is 10.2 Å². The summed E-state index contributed by atoms with van der Waals surface area (Å²) in [5, 5.41) is 1.23. The van der Waals surface area contributed by atoms with Gasteiger partial charge in [-0.1, -0.05) is 30.2 Å². The number of fused-ring (bicyclic) bond motifs is 1. The van der Waals surface area contributed by atoms with Gasteiger partial charge >= 0.3 is 0 Å². The molecule has 122 valence electrons. The van der Waals surface area contributed by atoms with Crippen LogP contribution in [0.1, 0.15) is 37.7 Å². The lowest BCUT2D eigenvalue weighted by molar-refractivity contribution is 0.248. The molecular weight excluding hydrogens is 302 g/mol. The second kappa shape index (κ2) is 5.75. The van der Waals surface area contributed by atoms with E-state index < -0.39 is 0 Å². The zero-order valence-corrected chi connectivity index (χ0v) is 14.5. The van der Waals surface area contributed by atoms with Crippen LogP contribution < -0.4 is 4.90 Å². The SMILES string of the molecule is c1cc2nc(N3CCN(C4CC4)CC3)sc2cc1CCC1CC1. The molecule has 0 spiro atoms. The molecule has 2 saturated carbocycles. The summed E-state index contributed by atoms with van der Waals surface area (Å²) < 4.78 is 1.37. The molecule has 3 nitrogen and oxygen atoms in total. The van der Waals surface area contributed by atoms with Crippen molar-refractivity contribution in [2.45, 2.75) is 44.6 Å². The first-order chi connectivity index (χ1) is 11.3. The highest BCUT2D eigenvalue weighted by Crippen LogP contribution is 2.35. The molecule has 0 radical (unpaired) electrons. The summed E-state index contributed by atoms with van der Waals surface area (Å²) in [6, 6.07) is 7.82. The molecule has 0 amide bonds. The number of rotatable bonds is 5. The molecule has 3 aliphatic rings. The van der Waals surface area contributed by atoms with Crippen LogP contribution in [-0.4, -0.2) is 42.1 Å². The molecule has 1 saturated heterocycles. The second-order valence-electron chi connectivity index (χ2n) is 7.53. The van der Waals surface area contributed by atoms with Crippen molar-refractivity contribution in [3.8, 4) is 0 Å². The number of benzene rings is 1. The summed E-state index contributed by atoms with van der Waals surface area (Å²) in [6.45, 7) is 4.72. The molecule has 0 unspecified atom stereocenters. The van der Waals surface area contributed by atoms with Gasteiger partial charge in [-0.25, -0.2) is 4.98 Å². The quantitative estimate of drug-likeness (QED) is 0.829. The third kappa shape index (κ3) is 3.11. The van der Waals surface area contributed by atoms with Crippen molar-refractivity contribution < 1.29 is 0 Å². The summed E-state index contributed by atoms with van der Waals surface area (Å²) in [6.07, 6.45) is 8.38. The summed E-state index contributed by atoms with van der Waals surface area (Å²) in [7, 11) is 0. The van der Waals surface area contributed by atoms with Crippen molar-refractivity contribution in [2.24, 2.45) is 5.92 Å². The van der Waals surface area contributed by atoms with E-state index in [1.165, 1.54) is 72.5 Å². The highest BCUT2D eigenvalue weighted by molar-refractivity contribution is 7.22. The Kier molecular flexibility index (Phi) is 3.56. The predicted octanol–water partition coefficient (Wildman–Crippen LogP) is 3.92. The second-order valence-corrected chi connectivity index (χ2v) is 8.54. The third-order valence-corrected chi connectivity index (χ3v) is 6.71. The molecule has 1 aliphatic heterocycles. The highest BCUT2D eigenvalue weighted by Gasteiger charge is 2.31. The van der Waals surface area contributed by atoms with E-state index in [2.05, 4.69) is 28.0 Å². The summed E-state index contributed by atoms with van der Waals surface area (Å²) in [4.78, 5) is 10.1. The van der Waals surface area contributed by atoms with Crippen molar-refractivity contribution in [3.63, 3.8) is 0 Å². The average Bonchev–Trinajstić information content (AvgIpc) is 3.50. The van der Waals surface area contributed by atoms with Gasteiger partial charge in [0.15, 0.2) is 5.13 Å². The Morgan fingerprint density at radius 3 is 2.61 bits per heavy atom. The monoisotopic (exact) mass is 327 g/mol.